The number of rotatable bonds is 6. The van der Waals surface area contributed by atoms with Gasteiger partial charge in [0, 0.05) is 32.5 Å². The highest BCUT2D eigenvalue weighted by Crippen LogP contribution is 2.40. The summed E-state index contributed by atoms with van der Waals surface area (Å²) in [4.78, 5) is 49.6. The van der Waals surface area contributed by atoms with E-state index in [1.54, 1.807) is 6.92 Å². The van der Waals surface area contributed by atoms with Crippen molar-refractivity contribution in [2.45, 2.75) is 51.2 Å². The first kappa shape index (κ1) is 22.9. The molecule has 0 amide bonds. The molecule has 10 heteroatoms. The largest absolute Gasteiger partial charge is 0.457 e. The van der Waals surface area contributed by atoms with E-state index in [0.29, 0.717) is 0 Å². The lowest BCUT2D eigenvalue weighted by Gasteiger charge is -2.49. The first-order valence-electron chi connectivity index (χ1n) is 8.99. The molecule has 0 aliphatic carbocycles. The molecular weight excluding hydrogens is 396 g/mol. The van der Waals surface area contributed by atoms with Crippen molar-refractivity contribution in [2.75, 3.05) is 13.2 Å². The van der Waals surface area contributed by atoms with E-state index in [2.05, 4.69) is 22.7 Å². The van der Waals surface area contributed by atoms with E-state index >= 15 is 0 Å². The molecule has 160 valence electrons. The zero-order valence-corrected chi connectivity index (χ0v) is 16.8. The molecule has 1 fully saturated rings. The first-order chi connectivity index (χ1) is 14.2. The summed E-state index contributed by atoms with van der Waals surface area (Å²) >= 11 is 0. The van der Waals surface area contributed by atoms with Crippen LogP contribution in [0.5, 0.6) is 0 Å². The number of nitrogens with one attached hydrogen (secondary N) is 1. The standard InChI is InChI=1S/C20H22N2O8/c1-5-7-9-20(28-11-6-2)15(29-13(3)23)12-27-18(17(20)30-14(4)24)22-10-8-16(25)21-19(22)26/h2,8,10,15,17-18H,9,11-12H2,1,3-4H3,(H,21,25,26)/t15-,17+,18-,20-/m1/s1. The molecule has 2 heterocycles. The van der Waals surface area contributed by atoms with E-state index in [9.17, 15) is 19.2 Å². The van der Waals surface area contributed by atoms with Crippen molar-refractivity contribution in [3.63, 3.8) is 0 Å². The Hall–Kier alpha value is -3.34. The molecule has 0 aromatic carbocycles. The molecule has 1 aromatic rings. The van der Waals surface area contributed by atoms with Gasteiger partial charge in [-0.05, 0) is 6.92 Å². The Balaban J connectivity index is 2.68. The molecule has 1 saturated heterocycles. The van der Waals surface area contributed by atoms with Gasteiger partial charge in [0.15, 0.2) is 24.0 Å². The Kier molecular flexibility index (Phi) is 7.59. The van der Waals surface area contributed by atoms with Gasteiger partial charge >= 0.3 is 17.6 Å². The summed E-state index contributed by atoms with van der Waals surface area (Å²) in [5.41, 5.74) is -2.94. The Bertz CT molecular complexity index is 1010. The number of aromatic nitrogens is 2. The predicted molar refractivity (Wildman–Crippen MR) is 103 cm³/mol. The second-order valence-electron chi connectivity index (χ2n) is 6.42. The molecule has 0 radical (unpaired) electrons. The van der Waals surface area contributed by atoms with Crippen LogP contribution in [0.4, 0.5) is 0 Å². The van der Waals surface area contributed by atoms with Gasteiger partial charge in [-0.3, -0.25) is 23.9 Å². The minimum Gasteiger partial charge on any atom is -0.457 e. The number of H-pyrrole nitrogens is 1. The molecule has 0 bridgehead atoms. The number of carbonyl (C=O) groups excluding carboxylic acids is 2. The Morgan fingerprint density at radius 2 is 2.03 bits per heavy atom. The maximum atomic E-state index is 12.4. The van der Waals surface area contributed by atoms with Gasteiger partial charge in [0.25, 0.3) is 5.56 Å². The summed E-state index contributed by atoms with van der Waals surface area (Å²) in [5, 5.41) is 0. The third kappa shape index (κ3) is 4.98. The number of aromatic amines is 1. The number of hydrogen-bond acceptors (Lipinski definition) is 8. The van der Waals surface area contributed by atoms with Crippen molar-refractivity contribution in [1.82, 2.24) is 9.55 Å². The van der Waals surface area contributed by atoms with E-state index in [4.69, 9.17) is 25.4 Å². The van der Waals surface area contributed by atoms with Crippen LogP contribution in [0.2, 0.25) is 0 Å². The summed E-state index contributed by atoms with van der Waals surface area (Å²) in [7, 11) is 0. The van der Waals surface area contributed by atoms with Crippen LogP contribution in [-0.2, 0) is 28.5 Å². The third-order valence-electron chi connectivity index (χ3n) is 4.40. The number of carbonyl (C=O) groups is 2. The molecular formula is C20H22N2O8. The van der Waals surface area contributed by atoms with E-state index in [1.807, 2.05) is 0 Å². The van der Waals surface area contributed by atoms with Crippen molar-refractivity contribution < 1.29 is 28.5 Å². The topological polar surface area (TPSA) is 126 Å². The molecule has 2 rings (SSSR count). The SMILES string of the molecule is C#CCO[C@]1(CC#CC)[C@H](OC(C)=O)CO[C@@H](n2ccc(=O)[nH]c2=O)[C@@H]1OC(C)=O. The number of esters is 2. The monoisotopic (exact) mass is 418 g/mol. The van der Waals surface area contributed by atoms with Crippen molar-refractivity contribution in [2.24, 2.45) is 0 Å². The summed E-state index contributed by atoms with van der Waals surface area (Å²) in [6.07, 6.45) is 2.99. The van der Waals surface area contributed by atoms with E-state index in [0.717, 1.165) is 10.6 Å². The third-order valence-corrected chi connectivity index (χ3v) is 4.40. The van der Waals surface area contributed by atoms with E-state index in [1.165, 1.54) is 20.0 Å². The number of nitrogens with zero attached hydrogens (tertiary/aromatic N) is 1. The van der Waals surface area contributed by atoms with Crippen LogP contribution < -0.4 is 11.2 Å². The van der Waals surface area contributed by atoms with Gasteiger partial charge in [-0.1, -0.05) is 5.92 Å². The fourth-order valence-electron chi connectivity index (χ4n) is 3.21. The van der Waals surface area contributed by atoms with Gasteiger partial charge in [0.2, 0.25) is 0 Å². The molecule has 0 saturated carbocycles. The molecule has 0 spiro atoms. The summed E-state index contributed by atoms with van der Waals surface area (Å²) in [6.45, 7) is 3.55. The lowest BCUT2D eigenvalue weighted by molar-refractivity contribution is -0.281. The molecule has 0 unspecified atom stereocenters. The average molecular weight is 418 g/mol. The summed E-state index contributed by atoms with van der Waals surface area (Å²) < 4.78 is 23.6. The highest BCUT2D eigenvalue weighted by Gasteiger charge is 2.58. The fourth-order valence-corrected chi connectivity index (χ4v) is 3.21. The summed E-state index contributed by atoms with van der Waals surface area (Å²) in [5.74, 6) is 6.57. The van der Waals surface area contributed by atoms with Gasteiger partial charge in [0.1, 0.15) is 6.61 Å². The Morgan fingerprint density at radius 3 is 2.60 bits per heavy atom. The smallest absolute Gasteiger partial charge is 0.330 e. The van der Waals surface area contributed by atoms with Crippen molar-refractivity contribution in [3.8, 4) is 24.2 Å². The molecule has 1 aromatic heterocycles. The average Bonchev–Trinajstić information content (AvgIpc) is 2.67. The predicted octanol–water partition coefficient (Wildman–Crippen LogP) is -0.269. The van der Waals surface area contributed by atoms with Gasteiger partial charge < -0.3 is 18.9 Å². The van der Waals surface area contributed by atoms with Crippen LogP contribution >= 0.6 is 0 Å². The zero-order chi connectivity index (χ0) is 22.3. The number of terminal acetylenes is 1. The maximum Gasteiger partial charge on any atom is 0.330 e. The van der Waals surface area contributed by atoms with Gasteiger partial charge in [-0.15, -0.1) is 18.3 Å². The van der Waals surface area contributed by atoms with Gasteiger partial charge in [-0.25, -0.2) is 4.79 Å². The van der Waals surface area contributed by atoms with Crippen LogP contribution in [0.3, 0.4) is 0 Å². The Labute approximate surface area is 172 Å². The maximum absolute atomic E-state index is 12.4. The van der Waals surface area contributed by atoms with Crippen LogP contribution in [0.25, 0.3) is 0 Å². The number of hydrogen-bond donors (Lipinski definition) is 1. The van der Waals surface area contributed by atoms with Crippen LogP contribution in [0.1, 0.15) is 33.4 Å². The van der Waals surface area contributed by atoms with Crippen LogP contribution in [0.15, 0.2) is 21.9 Å². The second kappa shape index (κ2) is 9.92. The highest BCUT2D eigenvalue weighted by atomic mass is 16.6. The van der Waals surface area contributed by atoms with Gasteiger partial charge in [0.05, 0.1) is 6.61 Å². The van der Waals surface area contributed by atoms with E-state index in [-0.39, 0.29) is 19.6 Å². The number of ether oxygens (including phenoxy) is 4. The second-order valence-corrected chi connectivity index (χ2v) is 6.42. The zero-order valence-electron chi connectivity index (χ0n) is 16.8. The fraction of sp³-hybridized carbons (Fsp3) is 0.500. The van der Waals surface area contributed by atoms with Gasteiger partial charge in [-0.2, -0.15) is 0 Å². The van der Waals surface area contributed by atoms with Crippen molar-refractivity contribution in [3.05, 3.63) is 33.1 Å². The first-order valence-corrected chi connectivity index (χ1v) is 8.99. The quantitative estimate of drug-likeness (QED) is 0.494. The lowest BCUT2D eigenvalue weighted by Crippen LogP contribution is -2.65. The van der Waals surface area contributed by atoms with Crippen LogP contribution in [0, 0.1) is 24.2 Å². The normalized spacial score (nSPS) is 25.3. The molecule has 10 nitrogen and oxygen atoms in total. The molecule has 30 heavy (non-hydrogen) atoms. The van der Waals surface area contributed by atoms with Crippen LogP contribution in [-0.4, -0.2) is 52.5 Å². The molecule has 1 aliphatic heterocycles. The Morgan fingerprint density at radius 1 is 1.33 bits per heavy atom. The van der Waals surface area contributed by atoms with Crippen molar-refractivity contribution >= 4 is 11.9 Å². The molecule has 1 N–H and O–H groups in total. The minimum atomic E-state index is -1.54. The molecule has 4 atom stereocenters. The summed E-state index contributed by atoms with van der Waals surface area (Å²) in [6, 6.07) is 1.11. The highest BCUT2D eigenvalue weighted by molar-refractivity contribution is 5.67. The lowest BCUT2D eigenvalue weighted by atomic mass is 9.83. The van der Waals surface area contributed by atoms with Crippen molar-refractivity contribution in [1.29, 1.82) is 0 Å². The van der Waals surface area contributed by atoms with E-state index < -0.39 is 47.2 Å². The minimum absolute atomic E-state index is 0.0426. The molecule has 1 aliphatic rings.